The monoisotopic (exact) mass is 281 g/mol. The highest BCUT2D eigenvalue weighted by Crippen LogP contribution is 2.29. The smallest absolute Gasteiger partial charge is 0.328 e. The molecule has 2 heterocycles. The fourth-order valence-electron chi connectivity index (χ4n) is 1.07. The normalized spacial score (nSPS) is 10.7. The number of aliphatic carboxylic acids is 1. The van der Waals surface area contributed by atoms with Crippen molar-refractivity contribution in [2.45, 2.75) is 0 Å². The van der Waals surface area contributed by atoms with Crippen molar-refractivity contribution in [3.63, 3.8) is 0 Å². The van der Waals surface area contributed by atoms with Crippen molar-refractivity contribution in [1.29, 1.82) is 0 Å². The number of carboxylic acid groups (broad SMARTS) is 1. The van der Waals surface area contributed by atoms with Crippen molar-refractivity contribution >= 4 is 39.7 Å². The van der Waals surface area contributed by atoms with Gasteiger partial charge in [-0.05, 0) is 11.4 Å². The molecule has 0 fully saturated rings. The summed E-state index contributed by atoms with van der Waals surface area (Å²) >= 11 is 2.75. The molecule has 0 saturated carbocycles. The number of carboxylic acids is 1. The summed E-state index contributed by atoms with van der Waals surface area (Å²) in [5.41, 5.74) is 0. The lowest BCUT2D eigenvalue weighted by molar-refractivity contribution is -0.131. The summed E-state index contributed by atoms with van der Waals surface area (Å²) in [6.45, 7) is 0. The van der Waals surface area contributed by atoms with Crippen molar-refractivity contribution < 1.29 is 14.7 Å². The lowest BCUT2D eigenvalue weighted by atomic mass is 10.5. The van der Waals surface area contributed by atoms with Gasteiger partial charge in [-0.1, -0.05) is 17.4 Å². The molecule has 0 radical (unpaired) electrons. The lowest BCUT2D eigenvalue weighted by Gasteiger charge is -1.92. The summed E-state index contributed by atoms with van der Waals surface area (Å²) in [6, 6.07) is 3.80. The number of nitrogens with one attached hydrogen (secondary N) is 1. The Labute approximate surface area is 110 Å². The first-order valence-corrected chi connectivity index (χ1v) is 6.44. The number of aromatic nitrogens is 2. The number of rotatable bonds is 4. The van der Waals surface area contributed by atoms with E-state index in [4.69, 9.17) is 5.11 Å². The van der Waals surface area contributed by atoms with Crippen LogP contribution in [0.3, 0.4) is 0 Å². The number of carbonyl (C=O) groups is 2. The Bertz CT molecular complexity index is 589. The Hall–Kier alpha value is -2.06. The summed E-state index contributed by atoms with van der Waals surface area (Å²) in [4.78, 5) is 22.5. The molecule has 0 saturated heterocycles. The van der Waals surface area contributed by atoms with Crippen LogP contribution >= 0.6 is 22.7 Å². The van der Waals surface area contributed by atoms with Crippen molar-refractivity contribution in [3.8, 4) is 9.88 Å². The van der Waals surface area contributed by atoms with Gasteiger partial charge < -0.3 is 5.11 Å². The fourth-order valence-corrected chi connectivity index (χ4v) is 2.61. The molecule has 0 atom stereocenters. The van der Waals surface area contributed by atoms with Crippen molar-refractivity contribution in [3.05, 3.63) is 29.7 Å². The Morgan fingerprint density at radius 3 is 2.83 bits per heavy atom. The van der Waals surface area contributed by atoms with Gasteiger partial charge in [0, 0.05) is 12.2 Å². The van der Waals surface area contributed by atoms with Gasteiger partial charge in [-0.25, -0.2) is 4.79 Å². The van der Waals surface area contributed by atoms with Crippen LogP contribution in [0.2, 0.25) is 0 Å². The molecule has 2 aromatic heterocycles. The molecule has 0 aliphatic heterocycles. The predicted octanol–water partition coefficient (Wildman–Crippen LogP) is 1.85. The minimum Gasteiger partial charge on any atom is -0.478 e. The van der Waals surface area contributed by atoms with Crippen molar-refractivity contribution in [2.24, 2.45) is 0 Å². The Balaban J connectivity index is 2.03. The van der Waals surface area contributed by atoms with Crippen LogP contribution in [0, 0.1) is 0 Å². The van der Waals surface area contributed by atoms with E-state index in [-0.39, 0.29) is 0 Å². The molecule has 18 heavy (non-hydrogen) atoms. The van der Waals surface area contributed by atoms with E-state index in [0.717, 1.165) is 17.0 Å². The van der Waals surface area contributed by atoms with Crippen LogP contribution in [0.25, 0.3) is 9.88 Å². The molecule has 0 aliphatic carbocycles. The first-order chi connectivity index (χ1) is 8.65. The molecule has 92 valence electrons. The Morgan fingerprint density at radius 1 is 1.33 bits per heavy atom. The zero-order chi connectivity index (χ0) is 13.0. The van der Waals surface area contributed by atoms with E-state index >= 15 is 0 Å². The van der Waals surface area contributed by atoms with E-state index in [1.807, 2.05) is 17.5 Å². The third kappa shape index (κ3) is 3.22. The second-order valence-corrected chi connectivity index (χ2v) is 4.98. The van der Waals surface area contributed by atoms with E-state index in [2.05, 4.69) is 15.5 Å². The van der Waals surface area contributed by atoms with Gasteiger partial charge in [0.15, 0.2) is 5.01 Å². The molecule has 0 aromatic carbocycles. The highest BCUT2D eigenvalue weighted by atomic mass is 32.1. The molecule has 1 amide bonds. The fraction of sp³-hybridized carbons (Fsp3) is 0. The molecule has 2 aromatic rings. The Morgan fingerprint density at radius 2 is 2.17 bits per heavy atom. The number of thiophene rings is 1. The average molecular weight is 281 g/mol. The zero-order valence-electron chi connectivity index (χ0n) is 8.86. The maximum Gasteiger partial charge on any atom is 0.328 e. The molecule has 0 unspecified atom stereocenters. The molecule has 0 aliphatic rings. The molecular weight excluding hydrogens is 274 g/mol. The number of amides is 1. The first kappa shape index (κ1) is 12.4. The molecule has 8 heteroatoms. The van der Waals surface area contributed by atoms with Gasteiger partial charge in [-0.3, -0.25) is 10.1 Å². The quantitative estimate of drug-likeness (QED) is 0.834. The summed E-state index contributed by atoms with van der Waals surface area (Å²) in [6.07, 6.45) is 1.69. The number of nitrogens with zero attached hydrogens (tertiary/aromatic N) is 2. The van der Waals surface area contributed by atoms with Crippen molar-refractivity contribution in [2.75, 3.05) is 5.32 Å². The number of hydrogen-bond donors (Lipinski definition) is 2. The van der Waals surface area contributed by atoms with Gasteiger partial charge in [-0.2, -0.15) is 0 Å². The lowest BCUT2D eigenvalue weighted by Crippen LogP contribution is -2.08. The number of carbonyl (C=O) groups excluding carboxylic acids is 1. The summed E-state index contributed by atoms with van der Waals surface area (Å²) in [5, 5.41) is 21.5. The summed E-state index contributed by atoms with van der Waals surface area (Å²) in [7, 11) is 0. The van der Waals surface area contributed by atoms with Gasteiger partial charge >= 0.3 is 5.97 Å². The highest BCUT2D eigenvalue weighted by Gasteiger charge is 2.08. The third-order valence-corrected chi connectivity index (χ3v) is 3.64. The van der Waals surface area contributed by atoms with Crippen LogP contribution in [0.1, 0.15) is 0 Å². The second kappa shape index (κ2) is 5.52. The number of anilines is 1. The average Bonchev–Trinajstić information content (AvgIpc) is 2.95. The third-order valence-electron chi connectivity index (χ3n) is 1.76. The zero-order valence-corrected chi connectivity index (χ0v) is 10.5. The molecular formula is C10H7N3O3S2. The van der Waals surface area contributed by atoms with Gasteiger partial charge in [-0.15, -0.1) is 21.5 Å². The standard InChI is InChI=1S/C10H7N3O3S2/c14-7(3-4-8(15)16)11-10-13-12-9(18-10)6-2-1-5-17-6/h1-5H,(H,15,16)(H,11,13,14)/b4-3+. The van der Waals surface area contributed by atoms with Crippen LogP contribution in [-0.2, 0) is 9.59 Å². The second-order valence-electron chi connectivity index (χ2n) is 3.05. The minimum absolute atomic E-state index is 0.332. The maximum atomic E-state index is 11.3. The molecule has 2 rings (SSSR count). The van der Waals surface area contributed by atoms with Crippen LogP contribution in [0.5, 0.6) is 0 Å². The largest absolute Gasteiger partial charge is 0.478 e. The van der Waals surface area contributed by atoms with Crippen LogP contribution in [0.4, 0.5) is 5.13 Å². The SMILES string of the molecule is O=C(O)/C=C/C(=O)Nc1nnc(-c2cccs2)s1. The van der Waals surface area contributed by atoms with Crippen LogP contribution in [0.15, 0.2) is 29.7 Å². The molecule has 2 N–H and O–H groups in total. The van der Waals surface area contributed by atoms with Gasteiger partial charge in [0.05, 0.1) is 4.88 Å². The van der Waals surface area contributed by atoms with E-state index < -0.39 is 11.9 Å². The van der Waals surface area contributed by atoms with E-state index in [9.17, 15) is 9.59 Å². The highest BCUT2D eigenvalue weighted by molar-refractivity contribution is 7.23. The molecule has 6 nitrogen and oxygen atoms in total. The number of hydrogen-bond acceptors (Lipinski definition) is 6. The van der Waals surface area contributed by atoms with Gasteiger partial charge in [0.25, 0.3) is 0 Å². The van der Waals surface area contributed by atoms with Crippen molar-refractivity contribution in [1.82, 2.24) is 10.2 Å². The first-order valence-electron chi connectivity index (χ1n) is 4.74. The van der Waals surface area contributed by atoms with Gasteiger partial charge in [0.2, 0.25) is 11.0 Å². The van der Waals surface area contributed by atoms with Gasteiger partial charge in [0.1, 0.15) is 0 Å². The maximum absolute atomic E-state index is 11.3. The Kier molecular flexibility index (Phi) is 3.80. The van der Waals surface area contributed by atoms with E-state index in [1.54, 1.807) is 0 Å². The summed E-state index contributed by atoms with van der Waals surface area (Å²) in [5.74, 6) is -1.73. The van der Waals surface area contributed by atoms with E-state index in [0.29, 0.717) is 10.1 Å². The van der Waals surface area contributed by atoms with Crippen LogP contribution in [-0.4, -0.2) is 27.2 Å². The molecule has 0 spiro atoms. The predicted molar refractivity (Wildman–Crippen MR) is 68.6 cm³/mol. The van der Waals surface area contributed by atoms with E-state index in [1.165, 1.54) is 22.7 Å². The minimum atomic E-state index is -1.18. The topological polar surface area (TPSA) is 92.2 Å². The molecule has 0 bridgehead atoms. The summed E-state index contributed by atoms with van der Waals surface area (Å²) < 4.78 is 0. The van der Waals surface area contributed by atoms with Crippen LogP contribution < -0.4 is 5.32 Å².